The number of anilines is 2. The van der Waals surface area contributed by atoms with Gasteiger partial charge in [0.05, 0.1) is 11.4 Å². The molecular weight excluding hydrogens is 321 g/mol. The van der Waals surface area contributed by atoms with Gasteiger partial charge in [-0.2, -0.15) is 0 Å². The van der Waals surface area contributed by atoms with E-state index in [1.54, 1.807) is 37.3 Å². The fraction of sp³-hybridized carbons (Fsp3) is 0.263. The Morgan fingerprint density at radius 3 is 2.40 bits per heavy atom. The smallest absolute Gasteiger partial charge is 0.255 e. The molecular formula is C19H20FN3O2. The number of nitrogens with two attached hydrogens (primary N) is 1. The van der Waals surface area contributed by atoms with Gasteiger partial charge in [-0.15, -0.1) is 0 Å². The molecule has 5 nitrogen and oxygen atoms in total. The zero-order chi connectivity index (χ0) is 18.0. The molecule has 0 spiro atoms. The summed E-state index contributed by atoms with van der Waals surface area (Å²) < 4.78 is 13.7. The molecule has 3 N–H and O–H groups in total. The van der Waals surface area contributed by atoms with Gasteiger partial charge in [0.2, 0.25) is 5.91 Å². The summed E-state index contributed by atoms with van der Waals surface area (Å²) >= 11 is 0. The van der Waals surface area contributed by atoms with Crippen LogP contribution in [0.1, 0.15) is 39.1 Å². The minimum atomic E-state index is -0.565. The highest BCUT2D eigenvalue weighted by Crippen LogP contribution is 2.30. The van der Waals surface area contributed by atoms with Gasteiger partial charge >= 0.3 is 0 Å². The van der Waals surface area contributed by atoms with E-state index in [2.05, 4.69) is 10.2 Å². The number of hydrogen-bond acceptors (Lipinski definition) is 3. The van der Waals surface area contributed by atoms with Crippen LogP contribution in [0.3, 0.4) is 0 Å². The van der Waals surface area contributed by atoms with Crippen molar-refractivity contribution in [3.05, 3.63) is 58.9 Å². The largest absolute Gasteiger partial charge is 0.370 e. The predicted octanol–water partition coefficient (Wildman–Crippen LogP) is 3.09. The zero-order valence-corrected chi connectivity index (χ0v) is 14.0. The Kier molecular flexibility index (Phi) is 4.70. The summed E-state index contributed by atoms with van der Waals surface area (Å²) in [4.78, 5) is 26.1. The molecule has 1 saturated heterocycles. The van der Waals surface area contributed by atoms with Crippen molar-refractivity contribution >= 4 is 23.2 Å². The summed E-state index contributed by atoms with van der Waals surface area (Å²) in [7, 11) is 0. The first-order valence-corrected chi connectivity index (χ1v) is 8.22. The third-order valence-corrected chi connectivity index (χ3v) is 4.41. The van der Waals surface area contributed by atoms with E-state index < -0.39 is 17.6 Å². The van der Waals surface area contributed by atoms with Gasteiger partial charge in [-0.25, -0.2) is 4.39 Å². The van der Waals surface area contributed by atoms with Crippen LogP contribution in [-0.4, -0.2) is 24.9 Å². The van der Waals surface area contributed by atoms with Crippen LogP contribution in [0.25, 0.3) is 0 Å². The number of amides is 2. The summed E-state index contributed by atoms with van der Waals surface area (Å²) in [5.41, 5.74) is 7.70. The molecule has 1 aliphatic rings. The van der Waals surface area contributed by atoms with Crippen LogP contribution in [0, 0.1) is 12.7 Å². The number of nitrogens with one attached hydrogen (secondary N) is 1. The second kappa shape index (κ2) is 6.93. The number of primary amides is 1. The van der Waals surface area contributed by atoms with E-state index in [9.17, 15) is 14.0 Å². The first kappa shape index (κ1) is 17.0. The second-order valence-electron chi connectivity index (χ2n) is 6.21. The van der Waals surface area contributed by atoms with Gasteiger partial charge in [0.25, 0.3) is 5.91 Å². The van der Waals surface area contributed by atoms with Gasteiger partial charge in [-0.3, -0.25) is 9.59 Å². The van der Waals surface area contributed by atoms with Gasteiger partial charge in [0.1, 0.15) is 5.82 Å². The first-order chi connectivity index (χ1) is 12.0. The Morgan fingerprint density at radius 2 is 1.76 bits per heavy atom. The van der Waals surface area contributed by atoms with Crippen molar-refractivity contribution in [1.82, 2.24) is 0 Å². The molecule has 0 radical (unpaired) electrons. The average Bonchev–Trinajstić information content (AvgIpc) is 3.11. The SMILES string of the molecule is Cc1ccc(C(=O)Nc2cc(C(N)=O)ccc2N2CCCC2)cc1F. The average molecular weight is 341 g/mol. The van der Waals surface area contributed by atoms with Gasteiger partial charge in [0.15, 0.2) is 0 Å². The molecule has 2 amide bonds. The number of benzene rings is 2. The molecule has 25 heavy (non-hydrogen) atoms. The number of carbonyl (C=O) groups excluding carboxylic acids is 2. The fourth-order valence-corrected chi connectivity index (χ4v) is 2.95. The lowest BCUT2D eigenvalue weighted by molar-refractivity contribution is 0.0996. The van der Waals surface area contributed by atoms with Gasteiger partial charge in [-0.05, 0) is 55.7 Å². The topological polar surface area (TPSA) is 75.4 Å². The van der Waals surface area contributed by atoms with Crippen molar-refractivity contribution in [1.29, 1.82) is 0 Å². The molecule has 2 aromatic rings. The van der Waals surface area contributed by atoms with Crippen LogP contribution in [0.4, 0.5) is 15.8 Å². The maximum absolute atomic E-state index is 13.7. The Morgan fingerprint density at radius 1 is 1.08 bits per heavy atom. The molecule has 0 saturated carbocycles. The summed E-state index contributed by atoms with van der Waals surface area (Å²) in [5, 5.41) is 2.79. The van der Waals surface area contributed by atoms with Crippen molar-refractivity contribution in [3.8, 4) is 0 Å². The number of rotatable bonds is 4. The van der Waals surface area contributed by atoms with Gasteiger partial charge < -0.3 is 16.0 Å². The van der Waals surface area contributed by atoms with Crippen LogP contribution < -0.4 is 16.0 Å². The molecule has 1 aliphatic heterocycles. The first-order valence-electron chi connectivity index (χ1n) is 8.22. The summed E-state index contributed by atoms with van der Waals surface area (Å²) in [6.07, 6.45) is 2.16. The number of carbonyl (C=O) groups is 2. The molecule has 0 bridgehead atoms. The molecule has 1 heterocycles. The molecule has 0 aliphatic carbocycles. The highest BCUT2D eigenvalue weighted by atomic mass is 19.1. The molecule has 0 atom stereocenters. The van der Waals surface area contributed by atoms with Gasteiger partial charge in [0, 0.05) is 24.2 Å². The lowest BCUT2D eigenvalue weighted by Crippen LogP contribution is -2.22. The highest BCUT2D eigenvalue weighted by molar-refractivity contribution is 6.07. The van der Waals surface area contributed by atoms with E-state index in [0.29, 0.717) is 16.8 Å². The maximum Gasteiger partial charge on any atom is 0.255 e. The van der Waals surface area contributed by atoms with Crippen LogP contribution in [0.15, 0.2) is 36.4 Å². The summed E-state index contributed by atoms with van der Waals surface area (Å²) in [5.74, 6) is -1.43. The van der Waals surface area contributed by atoms with E-state index in [-0.39, 0.29) is 5.56 Å². The minimum Gasteiger partial charge on any atom is -0.370 e. The lowest BCUT2D eigenvalue weighted by atomic mass is 10.1. The monoisotopic (exact) mass is 341 g/mol. The van der Waals surface area contributed by atoms with Crippen LogP contribution in [0.2, 0.25) is 0 Å². The van der Waals surface area contributed by atoms with E-state index >= 15 is 0 Å². The van der Waals surface area contributed by atoms with Crippen LogP contribution in [-0.2, 0) is 0 Å². The normalized spacial score (nSPS) is 13.8. The molecule has 0 unspecified atom stereocenters. The lowest BCUT2D eigenvalue weighted by Gasteiger charge is -2.22. The number of hydrogen-bond donors (Lipinski definition) is 2. The minimum absolute atomic E-state index is 0.222. The Labute approximate surface area is 145 Å². The van der Waals surface area contributed by atoms with Crippen molar-refractivity contribution in [2.24, 2.45) is 5.73 Å². The van der Waals surface area contributed by atoms with Gasteiger partial charge in [-0.1, -0.05) is 6.07 Å². The van der Waals surface area contributed by atoms with Crippen LogP contribution in [0.5, 0.6) is 0 Å². The zero-order valence-electron chi connectivity index (χ0n) is 14.0. The second-order valence-corrected chi connectivity index (χ2v) is 6.21. The molecule has 130 valence electrons. The van der Waals surface area contributed by atoms with E-state index in [1.807, 2.05) is 0 Å². The molecule has 0 aromatic heterocycles. The Balaban J connectivity index is 1.93. The number of halogens is 1. The Bertz CT molecular complexity index is 829. The summed E-state index contributed by atoms with van der Waals surface area (Å²) in [6, 6.07) is 9.34. The third kappa shape index (κ3) is 3.63. The standard InChI is InChI=1S/C19H20FN3O2/c1-12-4-5-14(10-15(12)20)19(25)22-16-11-13(18(21)24)6-7-17(16)23-8-2-3-9-23/h4-7,10-11H,2-3,8-9H2,1H3,(H2,21,24)(H,22,25). The van der Waals surface area contributed by atoms with Crippen molar-refractivity contribution < 1.29 is 14.0 Å². The molecule has 3 rings (SSSR count). The van der Waals surface area contributed by atoms with Crippen molar-refractivity contribution in [2.75, 3.05) is 23.3 Å². The third-order valence-electron chi connectivity index (χ3n) is 4.41. The number of nitrogens with zero attached hydrogens (tertiary/aromatic N) is 1. The van der Waals surface area contributed by atoms with E-state index in [1.165, 1.54) is 6.07 Å². The fourth-order valence-electron chi connectivity index (χ4n) is 2.95. The van der Waals surface area contributed by atoms with E-state index in [4.69, 9.17) is 5.73 Å². The van der Waals surface area contributed by atoms with Crippen LogP contribution >= 0.6 is 0 Å². The van der Waals surface area contributed by atoms with E-state index in [0.717, 1.165) is 31.6 Å². The quantitative estimate of drug-likeness (QED) is 0.897. The predicted molar refractivity (Wildman–Crippen MR) is 95.5 cm³/mol. The maximum atomic E-state index is 13.7. The van der Waals surface area contributed by atoms with Crippen molar-refractivity contribution in [3.63, 3.8) is 0 Å². The molecule has 2 aromatic carbocycles. The summed E-state index contributed by atoms with van der Waals surface area (Å²) in [6.45, 7) is 3.41. The van der Waals surface area contributed by atoms with Crippen molar-refractivity contribution in [2.45, 2.75) is 19.8 Å². The Hall–Kier alpha value is -2.89. The highest BCUT2D eigenvalue weighted by Gasteiger charge is 2.19. The molecule has 6 heteroatoms. The number of aryl methyl sites for hydroxylation is 1. The molecule has 1 fully saturated rings.